The molecule has 6 heteroatoms. The van der Waals surface area contributed by atoms with Gasteiger partial charge in [-0.15, -0.1) is 0 Å². The van der Waals surface area contributed by atoms with Crippen LogP contribution in [-0.4, -0.2) is 33.4 Å². The van der Waals surface area contributed by atoms with E-state index in [0.29, 0.717) is 23.6 Å². The van der Waals surface area contributed by atoms with Crippen LogP contribution in [0.5, 0.6) is 0 Å². The van der Waals surface area contributed by atoms with Crippen LogP contribution >= 0.6 is 0 Å². The second-order valence-corrected chi connectivity index (χ2v) is 5.43. The van der Waals surface area contributed by atoms with Crippen molar-refractivity contribution in [2.75, 3.05) is 0 Å². The monoisotopic (exact) mass is 287 g/mol. The number of hydrogen-bond acceptors (Lipinski definition) is 4. The van der Waals surface area contributed by atoms with Gasteiger partial charge in [0.15, 0.2) is 5.69 Å². The summed E-state index contributed by atoms with van der Waals surface area (Å²) in [5.41, 5.74) is -0.0701. The standard InChI is InChI=1S/C15H17N3O3/c19-10-7-5-9(6-8-10)16-15(21)13-11-3-1-2-4-12(11)14(20)18-17-13/h1-4,9-10,19H,5-8H2,(H,16,21)(H,18,20). The number of aliphatic hydroxyl groups excluding tert-OH is 1. The number of carbonyl (C=O) groups is 1. The molecule has 1 saturated carbocycles. The molecule has 6 nitrogen and oxygen atoms in total. The number of benzene rings is 1. The zero-order chi connectivity index (χ0) is 14.8. The van der Waals surface area contributed by atoms with Crippen molar-refractivity contribution in [1.82, 2.24) is 15.5 Å². The molecular formula is C15H17N3O3. The van der Waals surface area contributed by atoms with Crippen molar-refractivity contribution in [1.29, 1.82) is 0 Å². The summed E-state index contributed by atoms with van der Waals surface area (Å²) in [6.45, 7) is 0. The molecule has 1 amide bonds. The molecule has 1 heterocycles. The smallest absolute Gasteiger partial charge is 0.272 e. The quantitative estimate of drug-likeness (QED) is 0.766. The van der Waals surface area contributed by atoms with Crippen molar-refractivity contribution in [3.8, 4) is 0 Å². The van der Waals surface area contributed by atoms with Crippen LogP contribution in [0, 0.1) is 0 Å². The summed E-state index contributed by atoms with van der Waals surface area (Å²) in [5, 5.41) is 19.7. The number of nitrogens with one attached hydrogen (secondary N) is 2. The van der Waals surface area contributed by atoms with E-state index in [4.69, 9.17) is 0 Å². The van der Waals surface area contributed by atoms with Crippen molar-refractivity contribution in [3.63, 3.8) is 0 Å². The van der Waals surface area contributed by atoms with Crippen molar-refractivity contribution in [3.05, 3.63) is 40.3 Å². The average molecular weight is 287 g/mol. The van der Waals surface area contributed by atoms with E-state index in [9.17, 15) is 14.7 Å². The van der Waals surface area contributed by atoms with Gasteiger partial charge in [-0.25, -0.2) is 5.10 Å². The lowest BCUT2D eigenvalue weighted by Gasteiger charge is -2.26. The van der Waals surface area contributed by atoms with E-state index in [-0.39, 0.29) is 29.3 Å². The van der Waals surface area contributed by atoms with Gasteiger partial charge in [-0.05, 0) is 31.7 Å². The van der Waals surface area contributed by atoms with E-state index in [1.165, 1.54) is 0 Å². The summed E-state index contributed by atoms with van der Waals surface area (Å²) in [5.74, 6) is -0.288. The first-order valence-electron chi connectivity index (χ1n) is 7.11. The van der Waals surface area contributed by atoms with Crippen molar-refractivity contribution in [2.24, 2.45) is 0 Å². The van der Waals surface area contributed by atoms with E-state index < -0.39 is 0 Å². The van der Waals surface area contributed by atoms with E-state index in [2.05, 4.69) is 15.5 Å². The van der Waals surface area contributed by atoms with Crippen molar-refractivity contribution < 1.29 is 9.90 Å². The largest absolute Gasteiger partial charge is 0.393 e. The highest BCUT2D eigenvalue weighted by Gasteiger charge is 2.22. The Labute approximate surface area is 121 Å². The van der Waals surface area contributed by atoms with E-state index in [1.807, 2.05) is 0 Å². The topological polar surface area (TPSA) is 95.1 Å². The Kier molecular flexibility index (Phi) is 3.70. The van der Waals surface area contributed by atoms with Crippen LogP contribution in [0.25, 0.3) is 10.8 Å². The number of fused-ring (bicyclic) bond motifs is 1. The Morgan fingerprint density at radius 3 is 2.57 bits per heavy atom. The first-order valence-corrected chi connectivity index (χ1v) is 7.11. The lowest BCUT2D eigenvalue weighted by Crippen LogP contribution is -2.39. The van der Waals surface area contributed by atoms with Crippen LogP contribution in [0.15, 0.2) is 29.1 Å². The molecule has 0 radical (unpaired) electrons. The molecule has 1 aromatic carbocycles. The van der Waals surface area contributed by atoms with Gasteiger partial charge >= 0.3 is 0 Å². The Morgan fingerprint density at radius 1 is 1.19 bits per heavy atom. The Hall–Kier alpha value is -2.21. The van der Waals surface area contributed by atoms with Crippen LogP contribution in [0.4, 0.5) is 0 Å². The van der Waals surface area contributed by atoms with E-state index in [0.717, 1.165) is 12.8 Å². The summed E-state index contributed by atoms with van der Waals surface area (Å²) >= 11 is 0. The molecule has 1 aliphatic rings. The number of hydrogen-bond donors (Lipinski definition) is 3. The van der Waals surface area contributed by atoms with Crippen LogP contribution in [-0.2, 0) is 0 Å². The minimum atomic E-state index is -0.303. The van der Waals surface area contributed by atoms with Gasteiger partial charge in [-0.3, -0.25) is 9.59 Å². The summed E-state index contributed by atoms with van der Waals surface area (Å²) < 4.78 is 0. The predicted molar refractivity (Wildman–Crippen MR) is 78.1 cm³/mol. The normalized spacial score (nSPS) is 22.1. The highest BCUT2D eigenvalue weighted by Crippen LogP contribution is 2.19. The Balaban J connectivity index is 1.85. The van der Waals surface area contributed by atoms with Crippen molar-refractivity contribution in [2.45, 2.75) is 37.8 Å². The number of rotatable bonds is 2. The van der Waals surface area contributed by atoms with Gasteiger partial charge in [-0.2, -0.15) is 5.10 Å². The maximum atomic E-state index is 12.4. The molecule has 0 aliphatic heterocycles. The number of H-pyrrole nitrogens is 1. The fourth-order valence-corrected chi connectivity index (χ4v) is 2.76. The van der Waals surface area contributed by atoms with Gasteiger partial charge in [0.25, 0.3) is 11.5 Å². The van der Waals surface area contributed by atoms with Gasteiger partial charge in [0.1, 0.15) is 0 Å². The highest BCUT2D eigenvalue weighted by atomic mass is 16.3. The third kappa shape index (κ3) is 2.80. The third-order valence-electron chi connectivity index (χ3n) is 3.94. The average Bonchev–Trinajstić information content (AvgIpc) is 2.50. The van der Waals surface area contributed by atoms with Gasteiger partial charge < -0.3 is 10.4 Å². The molecule has 1 fully saturated rings. The number of aromatic amines is 1. The molecule has 1 aromatic heterocycles. The Bertz CT molecular complexity index is 717. The molecule has 0 saturated heterocycles. The van der Waals surface area contributed by atoms with Crippen LogP contribution < -0.4 is 10.9 Å². The van der Waals surface area contributed by atoms with E-state index in [1.54, 1.807) is 24.3 Å². The minimum Gasteiger partial charge on any atom is -0.393 e. The van der Waals surface area contributed by atoms with E-state index >= 15 is 0 Å². The number of aliphatic hydroxyl groups is 1. The predicted octanol–water partition coefficient (Wildman–Crippen LogP) is 0.956. The molecule has 0 bridgehead atoms. The zero-order valence-electron chi connectivity index (χ0n) is 11.5. The number of carbonyl (C=O) groups excluding carboxylic acids is 1. The number of nitrogens with zero attached hydrogens (tertiary/aromatic N) is 1. The molecule has 21 heavy (non-hydrogen) atoms. The molecule has 110 valence electrons. The second kappa shape index (κ2) is 5.65. The maximum absolute atomic E-state index is 12.4. The summed E-state index contributed by atoms with van der Waals surface area (Å²) in [6, 6.07) is 6.97. The van der Waals surface area contributed by atoms with Crippen LogP contribution in [0.3, 0.4) is 0 Å². The molecule has 1 aliphatic carbocycles. The van der Waals surface area contributed by atoms with Gasteiger partial charge in [-0.1, -0.05) is 18.2 Å². The third-order valence-corrected chi connectivity index (χ3v) is 3.94. The lowest BCUT2D eigenvalue weighted by molar-refractivity contribution is 0.0864. The van der Waals surface area contributed by atoms with Crippen LogP contribution in [0.1, 0.15) is 36.2 Å². The molecule has 2 aromatic rings. The molecule has 0 atom stereocenters. The molecule has 3 rings (SSSR count). The van der Waals surface area contributed by atoms with Crippen molar-refractivity contribution >= 4 is 16.7 Å². The minimum absolute atomic E-state index is 0.0494. The molecule has 0 unspecified atom stereocenters. The zero-order valence-corrected chi connectivity index (χ0v) is 11.5. The fourth-order valence-electron chi connectivity index (χ4n) is 2.76. The first kappa shape index (κ1) is 13.8. The van der Waals surface area contributed by atoms with Gasteiger partial charge in [0.2, 0.25) is 0 Å². The fraction of sp³-hybridized carbons (Fsp3) is 0.400. The van der Waals surface area contributed by atoms with Crippen LogP contribution in [0.2, 0.25) is 0 Å². The highest BCUT2D eigenvalue weighted by molar-refractivity contribution is 6.04. The first-order chi connectivity index (χ1) is 10.1. The summed E-state index contributed by atoms with van der Waals surface area (Å²) in [7, 11) is 0. The maximum Gasteiger partial charge on any atom is 0.272 e. The molecule has 3 N–H and O–H groups in total. The number of aromatic nitrogens is 2. The van der Waals surface area contributed by atoms with Gasteiger partial charge in [0.05, 0.1) is 11.5 Å². The molecule has 0 spiro atoms. The van der Waals surface area contributed by atoms with Gasteiger partial charge in [0, 0.05) is 11.4 Å². The summed E-state index contributed by atoms with van der Waals surface area (Å²) in [6.07, 6.45) is 2.66. The number of amides is 1. The second-order valence-electron chi connectivity index (χ2n) is 5.43. The SMILES string of the molecule is O=C(NC1CCC(O)CC1)c1n[nH]c(=O)c2ccccc12. The Morgan fingerprint density at radius 2 is 1.86 bits per heavy atom. The summed E-state index contributed by atoms with van der Waals surface area (Å²) in [4.78, 5) is 24.1. The lowest BCUT2D eigenvalue weighted by atomic mass is 9.93. The molecular weight excluding hydrogens is 270 g/mol.